The van der Waals surface area contributed by atoms with Crippen molar-refractivity contribution < 1.29 is 4.79 Å². The molecule has 1 atom stereocenters. The van der Waals surface area contributed by atoms with Gasteiger partial charge in [-0.1, -0.05) is 0 Å². The predicted octanol–water partition coefficient (Wildman–Crippen LogP) is 0.314. The van der Waals surface area contributed by atoms with Crippen LogP contribution in [-0.2, 0) is 4.79 Å². The third kappa shape index (κ3) is 3.07. The molecule has 0 aromatic carbocycles. The number of aromatic nitrogens is 2. The van der Waals surface area contributed by atoms with Gasteiger partial charge in [0.05, 0.1) is 6.04 Å². The first-order valence-corrected chi connectivity index (χ1v) is 7.38. The molecule has 6 nitrogen and oxygen atoms in total. The van der Waals surface area contributed by atoms with Gasteiger partial charge in [0, 0.05) is 31.5 Å². The van der Waals surface area contributed by atoms with Crippen LogP contribution in [0.2, 0.25) is 0 Å². The summed E-state index contributed by atoms with van der Waals surface area (Å²) >= 11 is 0. The van der Waals surface area contributed by atoms with E-state index in [9.17, 15) is 4.79 Å². The summed E-state index contributed by atoms with van der Waals surface area (Å²) in [4.78, 5) is 22.8. The molecule has 2 N–H and O–H groups in total. The highest BCUT2D eigenvalue weighted by Gasteiger charge is 2.26. The molecule has 2 fully saturated rings. The molecule has 0 bridgehead atoms. The Kier molecular flexibility index (Phi) is 4.11. The minimum Gasteiger partial charge on any atom is -0.352 e. The molecule has 0 saturated carbocycles. The average Bonchev–Trinajstić information content (AvgIpc) is 3.03. The van der Waals surface area contributed by atoms with Gasteiger partial charge in [-0.2, -0.15) is 0 Å². The highest BCUT2D eigenvalue weighted by Crippen LogP contribution is 2.16. The lowest BCUT2D eigenvalue weighted by Crippen LogP contribution is -2.49. The molecule has 2 aliphatic rings. The van der Waals surface area contributed by atoms with Crippen LogP contribution in [0, 0.1) is 0 Å². The summed E-state index contributed by atoms with van der Waals surface area (Å²) in [6.07, 6.45) is 7.50. The van der Waals surface area contributed by atoms with Gasteiger partial charge in [0.2, 0.25) is 11.9 Å². The van der Waals surface area contributed by atoms with Crippen LogP contribution in [0.15, 0.2) is 18.5 Å². The Morgan fingerprint density at radius 1 is 1.25 bits per heavy atom. The fourth-order valence-corrected chi connectivity index (χ4v) is 2.89. The summed E-state index contributed by atoms with van der Waals surface area (Å²) in [6.45, 7) is 2.75. The summed E-state index contributed by atoms with van der Waals surface area (Å²) < 4.78 is 0. The van der Waals surface area contributed by atoms with E-state index in [4.69, 9.17) is 0 Å². The van der Waals surface area contributed by atoms with E-state index in [0.29, 0.717) is 0 Å². The Labute approximate surface area is 119 Å². The van der Waals surface area contributed by atoms with Gasteiger partial charge in [0.25, 0.3) is 0 Å². The highest BCUT2D eigenvalue weighted by molar-refractivity contribution is 5.82. The average molecular weight is 275 g/mol. The van der Waals surface area contributed by atoms with E-state index in [1.807, 2.05) is 6.07 Å². The number of hydrogen-bond acceptors (Lipinski definition) is 5. The fourth-order valence-electron chi connectivity index (χ4n) is 2.89. The molecule has 3 heterocycles. The Bertz CT molecular complexity index is 438. The van der Waals surface area contributed by atoms with Gasteiger partial charge in [-0.3, -0.25) is 4.79 Å². The van der Waals surface area contributed by atoms with Crippen molar-refractivity contribution in [2.75, 3.05) is 24.5 Å². The maximum absolute atomic E-state index is 12.1. The van der Waals surface area contributed by atoms with E-state index in [2.05, 4.69) is 25.5 Å². The number of nitrogens with zero attached hydrogens (tertiary/aromatic N) is 3. The van der Waals surface area contributed by atoms with Crippen LogP contribution in [0.25, 0.3) is 0 Å². The number of anilines is 1. The fraction of sp³-hybridized carbons (Fsp3) is 0.643. The highest BCUT2D eigenvalue weighted by atomic mass is 16.2. The molecule has 20 heavy (non-hydrogen) atoms. The number of carbonyl (C=O) groups excluding carboxylic acids is 1. The second kappa shape index (κ2) is 6.17. The van der Waals surface area contributed by atoms with E-state index in [1.54, 1.807) is 12.4 Å². The van der Waals surface area contributed by atoms with Crippen molar-refractivity contribution >= 4 is 11.9 Å². The molecule has 2 aliphatic heterocycles. The number of hydrogen-bond donors (Lipinski definition) is 2. The van der Waals surface area contributed by atoms with Crippen LogP contribution in [0.4, 0.5) is 5.95 Å². The molecule has 108 valence electrons. The van der Waals surface area contributed by atoms with Crippen molar-refractivity contribution in [2.24, 2.45) is 0 Å². The minimum absolute atomic E-state index is 0.0190. The van der Waals surface area contributed by atoms with Gasteiger partial charge in [-0.05, 0) is 38.3 Å². The van der Waals surface area contributed by atoms with E-state index in [1.165, 1.54) is 0 Å². The van der Waals surface area contributed by atoms with Crippen LogP contribution in [0.5, 0.6) is 0 Å². The number of carbonyl (C=O) groups is 1. The lowest BCUT2D eigenvalue weighted by Gasteiger charge is -2.32. The molecule has 0 unspecified atom stereocenters. The second-order valence-electron chi connectivity index (χ2n) is 5.47. The topological polar surface area (TPSA) is 70.2 Å². The van der Waals surface area contributed by atoms with Crippen molar-refractivity contribution in [1.82, 2.24) is 20.6 Å². The Morgan fingerprint density at radius 2 is 2.00 bits per heavy atom. The van der Waals surface area contributed by atoms with Crippen LogP contribution in [0.1, 0.15) is 25.7 Å². The standard InChI is InChI=1S/C14H21N5O/c20-13(12-3-1-6-15-12)18-11-4-9-19(10-5-11)14-16-7-2-8-17-14/h2,7-8,11-12,15H,1,3-6,9-10H2,(H,18,20)/t12-/m0/s1. The second-order valence-corrected chi connectivity index (χ2v) is 5.47. The van der Waals surface area contributed by atoms with Gasteiger partial charge in [0.1, 0.15) is 0 Å². The van der Waals surface area contributed by atoms with Crippen molar-refractivity contribution in [3.8, 4) is 0 Å². The maximum Gasteiger partial charge on any atom is 0.237 e. The Balaban J connectivity index is 1.47. The van der Waals surface area contributed by atoms with Gasteiger partial charge >= 0.3 is 0 Å². The van der Waals surface area contributed by atoms with Crippen LogP contribution in [-0.4, -0.2) is 47.6 Å². The summed E-state index contributed by atoms with van der Waals surface area (Å²) in [7, 11) is 0. The minimum atomic E-state index is 0.0190. The lowest BCUT2D eigenvalue weighted by molar-refractivity contribution is -0.123. The van der Waals surface area contributed by atoms with Gasteiger partial charge in [-0.15, -0.1) is 0 Å². The van der Waals surface area contributed by atoms with E-state index >= 15 is 0 Å². The van der Waals surface area contributed by atoms with Crippen molar-refractivity contribution in [1.29, 1.82) is 0 Å². The Morgan fingerprint density at radius 3 is 2.65 bits per heavy atom. The van der Waals surface area contributed by atoms with E-state index in [0.717, 1.165) is 51.3 Å². The molecular formula is C14H21N5O. The van der Waals surface area contributed by atoms with Gasteiger partial charge < -0.3 is 15.5 Å². The molecule has 0 spiro atoms. The molecule has 0 aliphatic carbocycles. The largest absolute Gasteiger partial charge is 0.352 e. The zero-order chi connectivity index (χ0) is 13.8. The van der Waals surface area contributed by atoms with E-state index in [-0.39, 0.29) is 18.0 Å². The molecular weight excluding hydrogens is 254 g/mol. The summed E-state index contributed by atoms with van der Waals surface area (Å²) in [5.74, 6) is 0.951. The maximum atomic E-state index is 12.1. The lowest BCUT2D eigenvalue weighted by atomic mass is 10.0. The molecule has 1 aromatic heterocycles. The zero-order valence-corrected chi connectivity index (χ0v) is 11.6. The van der Waals surface area contributed by atoms with Crippen LogP contribution in [0.3, 0.4) is 0 Å². The third-order valence-electron chi connectivity index (χ3n) is 4.05. The van der Waals surface area contributed by atoms with Crippen molar-refractivity contribution in [3.63, 3.8) is 0 Å². The Hall–Kier alpha value is -1.69. The number of amides is 1. The first kappa shape index (κ1) is 13.3. The van der Waals surface area contributed by atoms with Gasteiger partial charge in [0.15, 0.2) is 0 Å². The van der Waals surface area contributed by atoms with Gasteiger partial charge in [-0.25, -0.2) is 9.97 Å². The number of piperidine rings is 1. The summed E-state index contributed by atoms with van der Waals surface area (Å²) in [6, 6.07) is 2.13. The predicted molar refractivity (Wildman–Crippen MR) is 76.4 cm³/mol. The SMILES string of the molecule is O=C(NC1CCN(c2ncccn2)CC1)[C@@H]1CCCN1. The molecule has 3 rings (SSSR count). The summed E-state index contributed by atoms with van der Waals surface area (Å²) in [5.41, 5.74) is 0. The smallest absolute Gasteiger partial charge is 0.237 e. The normalized spacial score (nSPS) is 23.8. The quantitative estimate of drug-likeness (QED) is 0.831. The number of rotatable bonds is 3. The molecule has 6 heteroatoms. The van der Waals surface area contributed by atoms with Crippen molar-refractivity contribution in [2.45, 2.75) is 37.8 Å². The summed E-state index contributed by atoms with van der Waals surface area (Å²) in [5, 5.41) is 6.40. The first-order valence-electron chi connectivity index (χ1n) is 7.38. The molecule has 1 amide bonds. The van der Waals surface area contributed by atoms with Crippen LogP contribution < -0.4 is 15.5 Å². The molecule has 1 aromatic rings. The molecule has 2 saturated heterocycles. The van der Waals surface area contributed by atoms with E-state index < -0.39 is 0 Å². The molecule has 0 radical (unpaired) electrons. The van der Waals surface area contributed by atoms with Crippen LogP contribution >= 0.6 is 0 Å². The monoisotopic (exact) mass is 275 g/mol. The zero-order valence-electron chi connectivity index (χ0n) is 11.6. The van der Waals surface area contributed by atoms with Crippen molar-refractivity contribution in [3.05, 3.63) is 18.5 Å². The first-order chi connectivity index (χ1) is 9.83. The third-order valence-corrected chi connectivity index (χ3v) is 4.05. The number of nitrogens with one attached hydrogen (secondary N) is 2.